The Bertz CT molecular complexity index is 594. The summed E-state index contributed by atoms with van der Waals surface area (Å²) in [5.41, 5.74) is 1.53. The van der Waals surface area contributed by atoms with E-state index in [4.69, 9.17) is 0 Å². The second-order valence-electron chi connectivity index (χ2n) is 5.24. The van der Waals surface area contributed by atoms with Gasteiger partial charge in [0.1, 0.15) is 5.82 Å². The Balaban J connectivity index is 2.07. The first-order valence-corrected chi connectivity index (χ1v) is 6.55. The normalized spacial score (nSPS) is 10.9. The maximum Gasteiger partial charge on any atom is 0.321 e. The van der Waals surface area contributed by atoms with Crippen LogP contribution < -0.4 is 10.6 Å². The first-order chi connectivity index (χ1) is 9.49. The van der Waals surface area contributed by atoms with Crippen molar-refractivity contribution in [3.05, 3.63) is 59.8 Å². The van der Waals surface area contributed by atoms with Crippen LogP contribution in [0, 0.1) is 6.92 Å². The lowest BCUT2D eigenvalue weighted by Crippen LogP contribution is -2.43. The van der Waals surface area contributed by atoms with E-state index >= 15 is 0 Å². The monoisotopic (exact) mass is 269 g/mol. The maximum absolute atomic E-state index is 12.1. The summed E-state index contributed by atoms with van der Waals surface area (Å²) in [5, 5.41) is 5.73. The molecule has 1 aromatic carbocycles. The van der Waals surface area contributed by atoms with Crippen molar-refractivity contribution in [1.82, 2.24) is 10.3 Å². The number of nitrogens with one attached hydrogen (secondary N) is 2. The van der Waals surface area contributed by atoms with E-state index in [1.54, 1.807) is 6.20 Å². The van der Waals surface area contributed by atoms with Crippen LogP contribution in [0.25, 0.3) is 0 Å². The molecular weight excluding hydrogens is 250 g/mol. The lowest BCUT2D eigenvalue weighted by Gasteiger charge is -2.27. The molecule has 0 unspecified atom stereocenters. The maximum atomic E-state index is 12.1. The van der Waals surface area contributed by atoms with Gasteiger partial charge >= 0.3 is 6.03 Å². The highest BCUT2D eigenvalue weighted by atomic mass is 16.2. The third-order valence-corrected chi connectivity index (χ3v) is 3.16. The zero-order chi connectivity index (χ0) is 14.6. The molecule has 0 radical (unpaired) electrons. The molecule has 0 atom stereocenters. The molecule has 20 heavy (non-hydrogen) atoms. The molecule has 0 saturated carbocycles. The number of amides is 2. The second-order valence-corrected chi connectivity index (χ2v) is 5.24. The molecule has 104 valence electrons. The predicted molar refractivity (Wildman–Crippen MR) is 80.6 cm³/mol. The van der Waals surface area contributed by atoms with Crippen molar-refractivity contribution >= 4 is 11.8 Å². The fourth-order valence-corrected chi connectivity index (χ4v) is 1.97. The van der Waals surface area contributed by atoms with E-state index in [0.717, 1.165) is 11.1 Å². The quantitative estimate of drug-likeness (QED) is 0.896. The van der Waals surface area contributed by atoms with Gasteiger partial charge in [-0.05, 0) is 38.0 Å². The highest BCUT2D eigenvalue weighted by Crippen LogP contribution is 2.19. The Kier molecular flexibility index (Phi) is 4.03. The minimum Gasteiger partial charge on any atom is -0.329 e. The molecule has 2 N–H and O–H groups in total. The van der Waals surface area contributed by atoms with Crippen LogP contribution in [0.15, 0.2) is 48.7 Å². The minimum absolute atomic E-state index is 0.263. The van der Waals surface area contributed by atoms with E-state index in [0.29, 0.717) is 5.82 Å². The summed E-state index contributed by atoms with van der Waals surface area (Å²) in [6.45, 7) is 5.84. The standard InChI is InChI=1S/C16H19N3O/c1-12-8-7-11-17-14(12)18-15(20)19-16(2,3)13-9-5-4-6-10-13/h4-11H,1-3H3,(H2,17,18,19,20). The van der Waals surface area contributed by atoms with Crippen molar-refractivity contribution in [2.75, 3.05) is 5.32 Å². The predicted octanol–water partition coefficient (Wildman–Crippen LogP) is 3.45. The van der Waals surface area contributed by atoms with Gasteiger partial charge in [0.2, 0.25) is 0 Å². The van der Waals surface area contributed by atoms with Crippen molar-refractivity contribution in [3.63, 3.8) is 0 Å². The number of anilines is 1. The number of pyridine rings is 1. The van der Waals surface area contributed by atoms with E-state index in [2.05, 4.69) is 15.6 Å². The topological polar surface area (TPSA) is 54.0 Å². The van der Waals surface area contributed by atoms with Gasteiger partial charge in [0, 0.05) is 6.20 Å². The Labute approximate surface area is 119 Å². The number of nitrogens with zero attached hydrogens (tertiary/aromatic N) is 1. The van der Waals surface area contributed by atoms with E-state index in [1.165, 1.54) is 0 Å². The van der Waals surface area contributed by atoms with Crippen molar-refractivity contribution in [3.8, 4) is 0 Å². The van der Waals surface area contributed by atoms with Crippen molar-refractivity contribution in [2.24, 2.45) is 0 Å². The SMILES string of the molecule is Cc1cccnc1NC(=O)NC(C)(C)c1ccccc1. The van der Waals surface area contributed by atoms with Crippen molar-refractivity contribution in [2.45, 2.75) is 26.3 Å². The van der Waals surface area contributed by atoms with Crippen LogP contribution in [-0.4, -0.2) is 11.0 Å². The van der Waals surface area contributed by atoms with Crippen LogP contribution in [0.2, 0.25) is 0 Å². The van der Waals surface area contributed by atoms with Gasteiger partial charge in [-0.25, -0.2) is 9.78 Å². The van der Waals surface area contributed by atoms with Crippen LogP contribution >= 0.6 is 0 Å². The van der Waals surface area contributed by atoms with Crippen molar-refractivity contribution in [1.29, 1.82) is 0 Å². The summed E-state index contributed by atoms with van der Waals surface area (Å²) >= 11 is 0. The van der Waals surface area contributed by atoms with E-state index in [1.807, 2.05) is 63.2 Å². The van der Waals surface area contributed by atoms with Gasteiger partial charge in [-0.3, -0.25) is 5.32 Å². The fourth-order valence-electron chi connectivity index (χ4n) is 1.97. The fraction of sp³-hybridized carbons (Fsp3) is 0.250. The molecule has 1 aromatic heterocycles. The Morgan fingerprint density at radius 3 is 2.45 bits per heavy atom. The molecule has 1 heterocycles. The average molecular weight is 269 g/mol. The van der Waals surface area contributed by atoms with Gasteiger partial charge in [-0.15, -0.1) is 0 Å². The lowest BCUT2D eigenvalue weighted by molar-refractivity contribution is 0.241. The average Bonchev–Trinajstić information content (AvgIpc) is 2.42. The lowest BCUT2D eigenvalue weighted by atomic mass is 9.95. The number of carbonyl (C=O) groups is 1. The molecule has 0 aliphatic rings. The number of rotatable bonds is 3. The van der Waals surface area contributed by atoms with Gasteiger partial charge in [-0.2, -0.15) is 0 Å². The minimum atomic E-state index is -0.450. The Morgan fingerprint density at radius 2 is 1.80 bits per heavy atom. The highest BCUT2D eigenvalue weighted by molar-refractivity contribution is 5.89. The van der Waals surface area contributed by atoms with Crippen LogP contribution in [-0.2, 0) is 5.54 Å². The molecule has 0 aliphatic heterocycles. The Hall–Kier alpha value is -2.36. The zero-order valence-electron chi connectivity index (χ0n) is 12.0. The smallest absolute Gasteiger partial charge is 0.321 e. The Morgan fingerprint density at radius 1 is 1.10 bits per heavy atom. The van der Waals surface area contributed by atoms with E-state index in [9.17, 15) is 4.79 Å². The summed E-state index contributed by atoms with van der Waals surface area (Å²) in [5.74, 6) is 0.578. The number of urea groups is 1. The summed E-state index contributed by atoms with van der Waals surface area (Å²) in [4.78, 5) is 16.2. The summed E-state index contributed by atoms with van der Waals surface area (Å²) in [7, 11) is 0. The number of hydrogen-bond donors (Lipinski definition) is 2. The van der Waals surface area contributed by atoms with Crippen LogP contribution in [0.4, 0.5) is 10.6 Å². The van der Waals surface area contributed by atoms with E-state index in [-0.39, 0.29) is 6.03 Å². The molecule has 2 aromatic rings. The first kappa shape index (κ1) is 14.1. The number of carbonyl (C=O) groups excluding carboxylic acids is 1. The third kappa shape index (κ3) is 3.35. The first-order valence-electron chi connectivity index (χ1n) is 6.55. The van der Waals surface area contributed by atoms with Crippen LogP contribution in [0.5, 0.6) is 0 Å². The largest absolute Gasteiger partial charge is 0.329 e. The van der Waals surface area contributed by atoms with Gasteiger partial charge in [0.05, 0.1) is 5.54 Å². The molecule has 0 bridgehead atoms. The molecule has 0 aliphatic carbocycles. The van der Waals surface area contributed by atoms with Crippen molar-refractivity contribution < 1.29 is 4.79 Å². The third-order valence-electron chi connectivity index (χ3n) is 3.16. The molecule has 0 saturated heterocycles. The summed E-state index contributed by atoms with van der Waals surface area (Å²) < 4.78 is 0. The van der Waals surface area contributed by atoms with Gasteiger partial charge in [0.15, 0.2) is 0 Å². The molecule has 4 heteroatoms. The molecular formula is C16H19N3O. The van der Waals surface area contributed by atoms with Gasteiger partial charge in [-0.1, -0.05) is 36.4 Å². The number of aromatic nitrogens is 1. The molecule has 2 rings (SSSR count). The van der Waals surface area contributed by atoms with Gasteiger partial charge in [0.25, 0.3) is 0 Å². The molecule has 2 amide bonds. The molecule has 0 spiro atoms. The number of hydrogen-bond acceptors (Lipinski definition) is 2. The number of aryl methyl sites for hydroxylation is 1. The summed E-state index contributed by atoms with van der Waals surface area (Å²) in [6, 6.07) is 13.3. The summed E-state index contributed by atoms with van der Waals surface area (Å²) in [6.07, 6.45) is 1.66. The zero-order valence-corrected chi connectivity index (χ0v) is 12.0. The van der Waals surface area contributed by atoms with Gasteiger partial charge < -0.3 is 5.32 Å². The highest BCUT2D eigenvalue weighted by Gasteiger charge is 2.22. The van der Waals surface area contributed by atoms with E-state index < -0.39 is 5.54 Å². The number of benzene rings is 1. The molecule has 0 fully saturated rings. The van der Waals surface area contributed by atoms with Crippen LogP contribution in [0.1, 0.15) is 25.0 Å². The second kappa shape index (κ2) is 5.74. The van der Waals surface area contributed by atoms with Crippen LogP contribution in [0.3, 0.4) is 0 Å². The molecule has 4 nitrogen and oxygen atoms in total.